The van der Waals surface area contributed by atoms with E-state index in [1.165, 1.54) is 36.4 Å². The number of methoxy groups -OCH3 is 2. The molecule has 2 unspecified atom stereocenters. The lowest BCUT2D eigenvalue weighted by Gasteiger charge is -2.31. The van der Waals surface area contributed by atoms with Gasteiger partial charge in [-0.15, -0.1) is 0 Å². The molecule has 6 aromatic carbocycles. The van der Waals surface area contributed by atoms with Gasteiger partial charge in [-0.1, -0.05) is 121 Å². The number of amides is 4. The molecule has 1 aliphatic rings. The Labute approximate surface area is 333 Å². The van der Waals surface area contributed by atoms with Crippen molar-refractivity contribution in [1.29, 1.82) is 0 Å². The van der Waals surface area contributed by atoms with Crippen LogP contribution in [0.25, 0.3) is 0 Å². The van der Waals surface area contributed by atoms with E-state index in [4.69, 9.17) is 17.7 Å². The molecule has 6 aromatic rings. The number of fused-ring (bicyclic) bond motifs is 4. The van der Waals surface area contributed by atoms with Crippen LogP contribution in [0.3, 0.4) is 0 Å². The number of hydrogen-bond donors (Lipinski definition) is 4. The van der Waals surface area contributed by atoms with Crippen LogP contribution in [0.5, 0.6) is 11.5 Å². The van der Waals surface area contributed by atoms with Crippen molar-refractivity contribution in [2.24, 2.45) is 0 Å². The van der Waals surface area contributed by atoms with Crippen molar-refractivity contribution in [3.63, 3.8) is 0 Å². The van der Waals surface area contributed by atoms with Crippen LogP contribution in [-0.4, -0.2) is 37.7 Å². The minimum Gasteiger partial charge on any atom is -0.497 e. The number of benzene rings is 6. The normalized spacial score (nSPS) is 20.9. The molecule has 1 aliphatic heterocycles. The average molecular weight is 751 g/mol. The van der Waals surface area contributed by atoms with E-state index in [-0.39, 0.29) is 33.8 Å². The van der Waals surface area contributed by atoms with Gasteiger partial charge in [-0.3, -0.25) is 19.2 Å². The van der Waals surface area contributed by atoms with E-state index >= 15 is 0 Å². The van der Waals surface area contributed by atoms with Crippen molar-refractivity contribution in [2.45, 2.75) is 24.2 Å². The van der Waals surface area contributed by atoms with Crippen LogP contribution in [0.15, 0.2) is 158 Å². The van der Waals surface area contributed by atoms with Crippen molar-refractivity contribution >= 4 is 23.6 Å². The number of nitrogens with one attached hydrogen (secondary N) is 4. The summed E-state index contributed by atoms with van der Waals surface area (Å²) in [5.74, 6) is -3.57. The molecule has 0 aliphatic carbocycles. The Bertz CT molecular complexity index is 2230. The molecule has 0 saturated heterocycles. The molecule has 10 heteroatoms. The zero-order chi connectivity index (χ0) is 44.0. The molecule has 0 fully saturated rings. The molecule has 0 radical (unpaired) electrons. The topological polar surface area (TPSA) is 135 Å². The highest BCUT2D eigenvalue weighted by Crippen LogP contribution is 2.33. The molecule has 7 rings (SSSR count). The zero-order valence-electron chi connectivity index (χ0n) is 35.8. The molecule has 4 N–H and O–H groups in total. The van der Waals surface area contributed by atoms with Crippen molar-refractivity contribution in [1.82, 2.24) is 21.3 Å². The first kappa shape index (κ1) is 30.2. The summed E-state index contributed by atoms with van der Waals surface area (Å²) in [6.07, 6.45) is 0. The fraction of sp³-hybridized carbons (Fsp3) is 0.130. The van der Waals surface area contributed by atoms with Gasteiger partial charge in [-0.05, 0) is 58.7 Å². The summed E-state index contributed by atoms with van der Waals surface area (Å²) in [6.45, 7) is 0. The average Bonchev–Trinajstić information content (AvgIpc) is 3.25. The Kier molecular flexibility index (Phi) is 9.08. The zero-order valence-corrected chi connectivity index (χ0v) is 29.8. The minimum absolute atomic E-state index is 0.139. The number of carbonyl (C=O) groups is 4. The highest BCUT2D eigenvalue weighted by atomic mass is 16.5. The Morgan fingerprint density at radius 3 is 0.821 bits per heavy atom. The van der Waals surface area contributed by atoms with Crippen LogP contribution in [0.2, 0.25) is 0 Å². The van der Waals surface area contributed by atoms with Gasteiger partial charge < -0.3 is 30.7 Å². The molecule has 280 valence electrons. The van der Waals surface area contributed by atoms with Crippen LogP contribution >= 0.6 is 0 Å². The van der Waals surface area contributed by atoms with Crippen LogP contribution < -0.4 is 30.7 Å². The number of ether oxygens (including phenoxy) is 2. The fourth-order valence-electron chi connectivity index (χ4n) is 6.82. The Hall–Kier alpha value is -7.20. The van der Waals surface area contributed by atoms with Crippen molar-refractivity contribution in [3.05, 3.63) is 202 Å². The lowest BCUT2D eigenvalue weighted by Crippen LogP contribution is -2.42. The second-order valence-electron chi connectivity index (χ2n) is 13.1. The predicted molar refractivity (Wildman–Crippen MR) is 213 cm³/mol. The third-order valence-corrected chi connectivity index (χ3v) is 9.55. The van der Waals surface area contributed by atoms with Gasteiger partial charge in [0.05, 0.1) is 46.5 Å². The largest absolute Gasteiger partial charge is 0.497 e. The summed E-state index contributed by atoms with van der Waals surface area (Å²) in [4.78, 5) is 58.2. The monoisotopic (exact) mass is 750 g/mol. The van der Waals surface area contributed by atoms with Crippen LogP contribution in [0.1, 0.15) is 96.1 Å². The Morgan fingerprint density at radius 1 is 0.375 bits per heavy atom. The molecule has 1 heterocycles. The smallest absolute Gasteiger partial charge is 0.252 e. The standard InChI is InChI=1S/C46H40N4O6/c1-55-37-25-33-23-34(26-37)44(52)48-40(30-17-9-4-10-18-30)42(32-21-13-6-14-22-32)50-46(54)36-24-35(27-38(28-36)56-2)45(53)49-41(31-19-11-5-12-20-31)39(47-43(33)51)29-15-7-3-8-16-29/h3-28,39-42H,1-2H3,(H,47,51)(H,48,52)(H,49,53)(H,50,54)/t39-,40?,41?,42-/m0/s1/i1D3,2D3. The first-order chi connectivity index (χ1) is 29.6. The summed E-state index contributed by atoms with van der Waals surface area (Å²) >= 11 is 0. The molecule has 4 atom stereocenters. The quantitative estimate of drug-likeness (QED) is 0.141. The highest BCUT2D eigenvalue weighted by Gasteiger charge is 2.32. The summed E-state index contributed by atoms with van der Waals surface area (Å²) in [7, 11) is -5.91. The van der Waals surface area contributed by atoms with Gasteiger partial charge in [0, 0.05) is 22.3 Å². The molecule has 4 amide bonds. The first-order valence-electron chi connectivity index (χ1n) is 20.7. The van der Waals surface area contributed by atoms with Gasteiger partial charge in [-0.2, -0.15) is 0 Å². The van der Waals surface area contributed by atoms with Gasteiger partial charge in [0.15, 0.2) is 0 Å². The predicted octanol–water partition coefficient (Wildman–Crippen LogP) is 7.30. The van der Waals surface area contributed by atoms with Crippen molar-refractivity contribution in [2.75, 3.05) is 14.1 Å². The number of rotatable bonds is 6. The van der Waals surface area contributed by atoms with E-state index in [2.05, 4.69) is 21.3 Å². The lowest BCUT2D eigenvalue weighted by molar-refractivity contribution is 0.0873. The van der Waals surface area contributed by atoms with E-state index < -0.39 is 61.9 Å². The third kappa shape index (κ3) is 8.29. The molecular formula is C46H40N4O6. The van der Waals surface area contributed by atoms with E-state index in [0.29, 0.717) is 22.3 Å². The summed E-state index contributed by atoms with van der Waals surface area (Å²) in [5, 5.41) is 12.0. The van der Waals surface area contributed by atoms with Gasteiger partial charge in [0.2, 0.25) is 0 Å². The van der Waals surface area contributed by atoms with Crippen LogP contribution in [0.4, 0.5) is 0 Å². The third-order valence-electron chi connectivity index (χ3n) is 9.55. The Morgan fingerprint density at radius 2 is 0.607 bits per heavy atom. The SMILES string of the molecule is [2H]C([2H])([2H])Oc1cc2cc(c1)C(=O)N[C@@H](c1ccccc1)C(c1ccccc1)NC(=O)c1cc(OC([2H])([2H])[2H])cc(c1)C(=O)N[C@@H](c1ccccc1)C(c1ccccc1)NC2=O. The fourth-order valence-corrected chi connectivity index (χ4v) is 6.82. The van der Waals surface area contributed by atoms with Gasteiger partial charge in [-0.25, -0.2) is 0 Å². The molecule has 56 heavy (non-hydrogen) atoms. The first-order valence-corrected chi connectivity index (χ1v) is 17.7. The van der Waals surface area contributed by atoms with Crippen LogP contribution in [0, 0.1) is 0 Å². The van der Waals surface area contributed by atoms with E-state index in [1.807, 2.05) is 0 Å². The molecule has 4 bridgehead atoms. The number of hydrogen-bond acceptors (Lipinski definition) is 6. The molecule has 0 aromatic heterocycles. The maximum Gasteiger partial charge on any atom is 0.252 e. The summed E-state index contributed by atoms with van der Waals surface area (Å²) in [5.41, 5.74) is 1.65. The Balaban J connectivity index is 1.46. The molecule has 0 spiro atoms. The van der Waals surface area contributed by atoms with Gasteiger partial charge in [0.25, 0.3) is 23.6 Å². The van der Waals surface area contributed by atoms with E-state index in [1.54, 1.807) is 121 Å². The second-order valence-corrected chi connectivity index (χ2v) is 13.1. The number of carbonyl (C=O) groups excluding carboxylic acids is 4. The minimum atomic E-state index is -2.95. The summed E-state index contributed by atoms with van der Waals surface area (Å²) in [6, 6.07) is 38.4. The highest BCUT2D eigenvalue weighted by molar-refractivity contribution is 6.02. The van der Waals surface area contributed by atoms with Crippen molar-refractivity contribution in [3.8, 4) is 11.5 Å². The summed E-state index contributed by atoms with van der Waals surface area (Å²) < 4.78 is 57.5. The maximum absolute atomic E-state index is 14.5. The van der Waals surface area contributed by atoms with Gasteiger partial charge in [0.1, 0.15) is 11.5 Å². The maximum atomic E-state index is 14.5. The van der Waals surface area contributed by atoms with E-state index in [9.17, 15) is 19.2 Å². The van der Waals surface area contributed by atoms with E-state index in [0.717, 1.165) is 0 Å². The lowest BCUT2D eigenvalue weighted by atomic mass is 9.91. The molecule has 10 nitrogen and oxygen atoms in total. The van der Waals surface area contributed by atoms with Crippen molar-refractivity contribution < 1.29 is 36.9 Å². The molecule has 0 saturated carbocycles. The van der Waals surface area contributed by atoms with Crippen LogP contribution in [-0.2, 0) is 0 Å². The second kappa shape index (κ2) is 16.9. The molecular weight excluding hydrogens is 705 g/mol. The van der Waals surface area contributed by atoms with Gasteiger partial charge >= 0.3 is 0 Å².